The van der Waals surface area contributed by atoms with Gasteiger partial charge in [0, 0.05) is 6.54 Å². The molecule has 6 heteroatoms. The lowest BCUT2D eigenvalue weighted by molar-refractivity contribution is 0.283. The fraction of sp³-hybridized carbons (Fsp3) is 0.333. The van der Waals surface area contributed by atoms with Crippen LogP contribution in [0, 0.1) is 0 Å². The predicted molar refractivity (Wildman–Crippen MR) is 58.0 cm³/mol. The Labute approximate surface area is 93.0 Å². The van der Waals surface area contributed by atoms with E-state index in [0.717, 1.165) is 24.1 Å². The molecule has 1 aliphatic heterocycles. The molecule has 0 amide bonds. The van der Waals surface area contributed by atoms with Gasteiger partial charge in [0.05, 0.1) is 16.4 Å². The summed E-state index contributed by atoms with van der Waals surface area (Å²) in [6.07, 6.45) is 1.78. The van der Waals surface area contributed by atoms with E-state index in [-0.39, 0.29) is 0 Å². The van der Waals surface area contributed by atoms with E-state index < -0.39 is 9.33 Å². The van der Waals surface area contributed by atoms with Crippen molar-refractivity contribution >= 4 is 25.7 Å². The average molecular weight is 248 g/mol. The van der Waals surface area contributed by atoms with Gasteiger partial charge < -0.3 is 0 Å². The van der Waals surface area contributed by atoms with E-state index in [0.29, 0.717) is 6.54 Å². The van der Waals surface area contributed by atoms with Gasteiger partial charge in [-0.2, -0.15) is 8.42 Å². The van der Waals surface area contributed by atoms with Crippen LogP contribution < -0.4 is 5.06 Å². The van der Waals surface area contributed by atoms with Gasteiger partial charge in [-0.25, -0.2) is 5.06 Å². The van der Waals surface area contributed by atoms with Gasteiger partial charge in [0.2, 0.25) is 0 Å². The van der Waals surface area contributed by atoms with Crippen LogP contribution in [-0.4, -0.2) is 15.0 Å². The zero-order chi connectivity index (χ0) is 10.9. The van der Waals surface area contributed by atoms with Gasteiger partial charge in [0.1, 0.15) is 0 Å². The number of benzene rings is 1. The number of hydrogen-bond acceptors (Lipinski definition) is 4. The minimum absolute atomic E-state index is 0.531. The molecule has 15 heavy (non-hydrogen) atoms. The van der Waals surface area contributed by atoms with Gasteiger partial charge in [-0.1, -0.05) is 18.2 Å². The molecular weight excluding hydrogens is 238 g/mol. The molecule has 0 spiro atoms. The van der Waals surface area contributed by atoms with Crippen LogP contribution in [0.15, 0.2) is 24.3 Å². The van der Waals surface area contributed by atoms with Crippen LogP contribution >= 0.6 is 10.7 Å². The fourth-order valence-corrected chi connectivity index (χ4v) is 2.26. The maximum absolute atomic E-state index is 10.8. The molecule has 0 bridgehead atoms. The van der Waals surface area contributed by atoms with Crippen molar-refractivity contribution in [2.45, 2.75) is 12.8 Å². The Morgan fingerprint density at radius 3 is 2.80 bits per heavy atom. The number of rotatable bonds is 2. The highest BCUT2D eigenvalue weighted by molar-refractivity contribution is 8.10. The van der Waals surface area contributed by atoms with E-state index in [1.165, 1.54) is 5.06 Å². The Morgan fingerprint density at radius 1 is 1.33 bits per heavy atom. The monoisotopic (exact) mass is 247 g/mol. The van der Waals surface area contributed by atoms with E-state index in [1.54, 1.807) is 0 Å². The summed E-state index contributed by atoms with van der Waals surface area (Å²) in [6.45, 7) is 0.531. The van der Waals surface area contributed by atoms with E-state index in [2.05, 4.69) is 4.28 Å². The van der Waals surface area contributed by atoms with Crippen molar-refractivity contribution in [2.24, 2.45) is 0 Å². The van der Waals surface area contributed by atoms with Gasteiger partial charge >= 0.3 is 9.33 Å². The molecule has 0 saturated carbocycles. The highest BCUT2D eigenvalue weighted by atomic mass is 35.7. The summed E-state index contributed by atoms with van der Waals surface area (Å²) in [5, 5.41) is 1.32. The SMILES string of the molecule is O=S(=O)(Cl)ON1CCCc2ccccc21. The Morgan fingerprint density at radius 2 is 2.07 bits per heavy atom. The van der Waals surface area contributed by atoms with Gasteiger partial charge in [-0.15, -0.1) is 4.28 Å². The number of anilines is 1. The van der Waals surface area contributed by atoms with Crippen molar-refractivity contribution in [3.8, 4) is 0 Å². The van der Waals surface area contributed by atoms with Crippen LogP contribution in [-0.2, 0) is 20.0 Å². The third-order valence-corrected chi connectivity index (χ3v) is 2.77. The minimum atomic E-state index is -3.97. The molecule has 1 aliphatic rings. The van der Waals surface area contributed by atoms with Crippen LogP contribution in [0.2, 0.25) is 0 Å². The standard InChI is InChI=1S/C9H10ClNO3S/c10-15(12,13)14-11-7-3-5-8-4-1-2-6-9(8)11/h1-2,4,6H,3,5,7H2. The first kappa shape index (κ1) is 10.7. The van der Waals surface area contributed by atoms with Crippen molar-refractivity contribution in [2.75, 3.05) is 11.6 Å². The molecule has 2 rings (SSSR count). The topological polar surface area (TPSA) is 46.6 Å². The predicted octanol–water partition coefficient (Wildman–Crippen LogP) is 1.85. The quantitative estimate of drug-likeness (QED) is 0.749. The van der Waals surface area contributed by atoms with Crippen molar-refractivity contribution < 1.29 is 12.7 Å². The molecule has 0 aromatic heterocycles. The number of halogens is 1. The second-order valence-electron chi connectivity index (χ2n) is 3.30. The fourth-order valence-electron chi connectivity index (χ4n) is 1.68. The van der Waals surface area contributed by atoms with Gasteiger partial charge in [0.25, 0.3) is 0 Å². The third-order valence-electron chi connectivity index (χ3n) is 2.25. The van der Waals surface area contributed by atoms with Crippen LogP contribution in [0.4, 0.5) is 5.69 Å². The van der Waals surface area contributed by atoms with Crippen LogP contribution in [0.1, 0.15) is 12.0 Å². The van der Waals surface area contributed by atoms with E-state index in [1.807, 2.05) is 24.3 Å². The number of hydroxylamine groups is 1. The normalized spacial score (nSPS) is 16.2. The van der Waals surface area contributed by atoms with Crippen LogP contribution in [0.3, 0.4) is 0 Å². The number of fused-ring (bicyclic) bond motifs is 1. The van der Waals surface area contributed by atoms with Crippen LogP contribution in [0.5, 0.6) is 0 Å². The molecule has 1 aromatic rings. The molecule has 0 atom stereocenters. The van der Waals surface area contributed by atoms with Crippen LogP contribution in [0.25, 0.3) is 0 Å². The number of para-hydroxylation sites is 1. The molecular formula is C9H10ClNO3S. The highest BCUT2D eigenvalue weighted by Crippen LogP contribution is 2.27. The maximum Gasteiger partial charge on any atom is 0.376 e. The van der Waals surface area contributed by atoms with Gasteiger partial charge in [-0.3, -0.25) is 0 Å². The molecule has 0 unspecified atom stereocenters. The summed E-state index contributed by atoms with van der Waals surface area (Å²) in [5.41, 5.74) is 1.84. The first-order chi connectivity index (χ1) is 7.06. The summed E-state index contributed by atoms with van der Waals surface area (Å²) in [5.74, 6) is 0. The summed E-state index contributed by atoms with van der Waals surface area (Å²) in [7, 11) is 1.07. The minimum Gasteiger partial charge on any atom is -0.235 e. The molecule has 1 heterocycles. The van der Waals surface area contributed by atoms with E-state index in [4.69, 9.17) is 10.7 Å². The largest absolute Gasteiger partial charge is 0.376 e. The zero-order valence-corrected chi connectivity index (χ0v) is 9.46. The Balaban J connectivity index is 2.30. The molecule has 0 saturated heterocycles. The lowest BCUT2D eigenvalue weighted by Gasteiger charge is -2.27. The highest BCUT2D eigenvalue weighted by Gasteiger charge is 2.21. The average Bonchev–Trinajstić information content (AvgIpc) is 2.16. The summed E-state index contributed by atoms with van der Waals surface area (Å²) < 4.78 is 26.3. The molecule has 0 fully saturated rings. The van der Waals surface area contributed by atoms with Gasteiger partial charge in [-0.05, 0) is 24.5 Å². The molecule has 0 radical (unpaired) electrons. The molecule has 1 aromatic carbocycles. The molecule has 82 valence electrons. The Hall–Kier alpha value is -0.780. The Bertz CT molecular complexity index is 460. The van der Waals surface area contributed by atoms with Crippen molar-refractivity contribution in [1.29, 1.82) is 0 Å². The summed E-state index contributed by atoms with van der Waals surface area (Å²) >= 11 is 0. The second kappa shape index (κ2) is 4.00. The smallest absolute Gasteiger partial charge is 0.235 e. The summed E-state index contributed by atoms with van der Waals surface area (Å²) in [6, 6.07) is 7.52. The van der Waals surface area contributed by atoms with Crippen molar-refractivity contribution in [3.05, 3.63) is 29.8 Å². The van der Waals surface area contributed by atoms with Gasteiger partial charge in [0.15, 0.2) is 0 Å². The third kappa shape index (κ3) is 2.62. The van der Waals surface area contributed by atoms with Crippen molar-refractivity contribution in [1.82, 2.24) is 0 Å². The molecule has 0 N–H and O–H groups in total. The maximum atomic E-state index is 10.8. The Kier molecular flexibility index (Phi) is 2.86. The first-order valence-electron chi connectivity index (χ1n) is 4.56. The summed E-state index contributed by atoms with van der Waals surface area (Å²) in [4.78, 5) is 0. The lowest BCUT2D eigenvalue weighted by Crippen LogP contribution is -2.30. The molecule has 4 nitrogen and oxygen atoms in total. The zero-order valence-electron chi connectivity index (χ0n) is 7.89. The van der Waals surface area contributed by atoms with Crippen molar-refractivity contribution in [3.63, 3.8) is 0 Å². The lowest BCUT2D eigenvalue weighted by atomic mass is 10.0. The number of hydrogen-bond donors (Lipinski definition) is 0. The molecule has 0 aliphatic carbocycles. The van der Waals surface area contributed by atoms with E-state index in [9.17, 15) is 8.42 Å². The second-order valence-corrected chi connectivity index (χ2v) is 5.37. The number of aryl methyl sites for hydroxylation is 1. The first-order valence-corrected chi connectivity index (χ1v) is 6.79. The number of nitrogens with zero attached hydrogens (tertiary/aromatic N) is 1. The van der Waals surface area contributed by atoms with E-state index >= 15 is 0 Å².